The number of para-hydroxylation sites is 3. The SMILES string of the molecule is c1ccc(-c2ccccc2N(c2ccc3ccc(-c4ccc(-c5ccc6ccccc6c5)cc4)cc3c2)c2cccc3c2c2ccccc2n3-c2ccccc2)cc1. The van der Waals surface area contributed by atoms with Crippen molar-refractivity contribution in [3.63, 3.8) is 0 Å². The van der Waals surface area contributed by atoms with Crippen LogP contribution in [0.5, 0.6) is 0 Å². The molecule has 272 valence electrons. The summed E-state index contributed by atoms with van der Waals surface area (Å²) in [6.45, 7) is 0. The number of nitrogens with zero attached hydrogens (tertiary/aromatic N) is 2. The largest absolute Gasteiger partial charge is 0.309 e. The maximum absolute atomic E-state index is 2.47. The third-order valence-corrected chi connectivity index (χ3v) is 11.5. The maximum atomic E-state index is 2.47. The molecule has 1 aromatic heterocycles. The van der Waals surface area contributed by atoms with Crippen LogP contribution in [0.2, 0.25) is 0 Å². The highest BCUT2D eigenvalue weighted by Crippen LogP contribution is 2.47. The van der Waals surface area contributed by atoms with Gasteiger partial charge < -0.3 is 9.47 Å². The smallest absolute Gasteiger partial charge is 0.0562 e. The molecule has 0 fully saturated rings. The van der Waals surface area contributed by atoms with Gasteiger partial charge >= 0.3 is 0 Å². The molecule has 0 unspecified atom stereocenters. The number of rotatable bonds is 7. The van der Waals surface area contributed by atoms with E-state index in [9.17, 15) is 0 Å². The lowest BCUT2D eigenvalue weighted by molar-refractivity contribution is 1.18. The Balaban J connectivity index is 1.08. The molecule has 0 aliphatic carbocycles. The first-order valence-electron chi connectivity index (χ1n) is 19.9. The summed E-state index contributed by atoms with van der Waals surface area (Å²) in [5, 5.41) is 7.34. The number of fused-ring (bicyclic) bond motifs is 5. The van der Waals surface area contributed by atoms with E-state index in [-0.39, 0.29) is 0 Å². The summed E-state index contributed by atoms with van der Waals surface area (Å²) in [4.78, 5) is 2.47. The first kappa shape index (κ1) is 33.6. The summed E-state index contributed by atoms with van der Waals surface area (Å²) in [5.74, 6) is 0. The molecule has 58 heavy (non-hydrogen) atoms. The molecule has 11 aromatic rings. The molecule has 1 heterocycles. The Hall–Kier alpha value is -7.68. The molecule has 0 aliphatic heterocycles. The molecule has 0 aliphatic rings. The number of hydrogen-bond donors (Lipinski definition) is 0. The van der Waals surface area contributed by atoms with E-state index in [0.717, 1.165) is 22.7 Å². The van der Waals surface area contributed by atoms with Gasteiger partial charge in [0.25, 0.3) is 0 Å². The van der Waals surface area contributed by atoms with Crippen LogP contribution in [0.1, 0.15) is 0 Å². The van der Waals surface area contributed by atoms with E-state index in [4.69, 9.17) is 0 Å². The Kier molecular flexibility index (Phi) is 8.19. The Morgan fingerprint density at radius 3 is 1.64 bits per heavy atom. The van der Waals surface area contributed by atoms with E-state index < -0.39 is 0 Å². The lowest BCUT2D eigenvalue weighted by Gasteiger charge is -2.29. The predicted molar refractivity (Wildman–Crippen MR) is 247 cm³/mol. The van der Waals surface area contributed by atoms with Crippen LogP contribution in [0.3, 0.4) is 0 Å². The van der Waals surface area contributed by atoms with Crippen LogP contribution in [-0.2, 0) is 0 Å². The van der Waals surface area contributed by atoms with Gasteiger partial charge in [0, 0.05) is 27.7 Å². The van der Waals surface area contributed by atoms with Gasteiger partial charge in [-0.15, -0.1) is 0 Å². The highest BCUT2D eigenvalue weighted by Gasteiger charge is 2.23. The lowest BCUT2D eigenvalue weighted by Crippen LogP contribution is -2.11. The van der Waals surface area contributed by atoms with Gasteiger partial charge in [0.2, 0.25) is 0 Å². The summed E-state index contributed by atoms with van der Waals surface area (Å²) < 4.78 is 2.40. The molecule has 0 N–H and O–H groups in total. The molecule has 2 heteroatoms. The van der Waals surface area contributed by atoms with Crippen LogP contribution < -0.4 is 4.90 Å². The molecule has 10 aromatic carbocycles. The van der Waals surface area contributed by atoms with E-state index in [1.165, 1.54) is 76.7 Å². The zero-order valence-electron chi connectivity index (χ0n) is 31.8. The second kappa shape index (κ2) is 14.1. The van der Waals surface area contributed by atoms with Crippen molar-refractivity contribution in [1.82, 2.24) is 4.57 Å². The van der Waals surface area contributed by atoms with Gasteiger partial charge in [-0.3, -0.25) is 0 Å². The normalized spacial score (nSPS) is 11.4. The fraction of sp³-hybridized carbons (Fsp3) is 0. The number of aromatic nitrogens is 1. The third-order valence-electron chi connectivity index (χ3n) is 11.5. The first-order chi connectivity index (χ1) is 28.8. The fourth-order valence-electron chi connectivity index (χ4n) is 8.76. The summed E-state index contributed by atoms with van der Waals surface area (Å²) in [7, 11) is 0. The quantitative estimate of drug-likeness (QED) is 0.158. The van der Waals surface area contributed by atoms with Crippen molar-refractivity contribution in [3.8, 4) is 39.1 Å². The van der Waals surface area contributed by atoms with E-state index in [1.807, 2.05) is 0 Å². The molecular formula is C56H38N2. The minimum atomic E-state index is 1.10. The van der Waals surface area contributed by atoms with Crippen LogP contribution in [0.4, 0.5) is 17.1 Å². The second-order valence-electron chi connectivity index (χ2n) is 15.0. The topological polar surface area (TPSA) is 8.17 Å². The third kappa shape index (κ3) is 5.82. The average molecular weight is 739 g/mol. The predicted octanol–water partition coefficient (Wildman–Crippen LogP) is 15.6. The first-order valence-corrected chi connectivity index (χ1v) is 19.9. The summed E-state index contributed by atoms with van der Waals surface area (Å²) >= 11 is 0. The Bertz CT molecular complexity index is 3270. The number of anilines is 3. The highest BCUT2D eigenvalue weighted by molar-refractivity contribution is 6.17. The summed E-state index contributed by atoms with van der Waals surface area (Å²) in [6.07, 6.45) is 0. The van der Waals surface area contributed by atoms with Crippen molar-refractivity contribution in [2.45, 2.75) is 0 Å². The minimum Gasteiger partial charge on any atom is -0.309 e. The number of benzene rings is 10. The van der Waals surface area contributed by atoms with Crippen LogP contribution in [-0.4, -0.2) is 4.57 Å². The van der Waals surface area contributed by atoms with Crippen LogP contribution in [0, 0.1) is 0 Å². The van der Waals surface area contributed by atoms with Gasteiger partial charge in [0.05, 0.1) is 22.4 Å². The van der Waals surface area contributed by atoms with Crippen molar-refractivity contribution in [2.75, 3.05) is 4.90 Å². The molecule has 0 saturated carbocycles. The van der Waals surface area contributed by atoms with Gasteiger partial charge in [-0.05, 0) is 110 Å². The van der Waals surface area contributed by atoms with Crippen molar-refractivity contribution < 1.29 is 0 Å². The van der Waals surface area contributed by atoms with Crippen molar-refractivity contribution >= 4 is 60.4 Å². The van der Waals surface area contributed by atoms with Gasteiger partial charge in [-0.2, -0.15) is 0 Å². The van der Waals surface area contributed by atoms with Crippen LogP contribution in [0.15, 0.2) is 231 Å². The van der Waals surface area contributed by atoms with Gasteiger partial charge in [-0.1, -0.05) is 170 Å². The zero-order chi connectivity index (χ0) is 38.4. The van der Waals surface area contributed by atoms with Gasteiger partial charge in [0.15, 0.2) is 0 Å². The molecule has 0 radical (unpaired) electrons. The monoisotopic (exact) mass is 738 g/mol. The minimum absolute atomic E-state index is 1.10. The van der Waals surface area contributed by atoms with Crippen LogP contribution >= 0.6 is 0 Å². The molecule has 0 saturated heterocycles. The van der Waals surface area contributed by atoms with Gasteiger partial charge in [-0.25, -0.2) is 0 Å². The Morgan fingerprint density at radius 1 is 0.310 bits per heavy atom. The Morgan fingerprint density at radius 2 is 0.862 bits per heavy atom. The lowest BCUT2D eigenvalue weighted by atomic mass is 9.96. The highest BCUT2D eigenvalue weighted by atomic mass is 15.2. The Labute approximate surface area is 338 Å². The van der Waals surface area contributed by atoms with Gasteiger partial charge in [0.1, 0.15) is 0 Å². The molecule has 11 rings (SSSR count). The molecule has 0 atom stereocenters. The summed E-state index contributed by atoms with van der Waals surface area (Å²) in [5.41, 5.74) is 14.0. The van der Waals surface area contributed by atoms with E-state index in [0.29, 0.717) is 0 Å². The molecule has 0 amide bonds. The zero-order valence-corrected chi connectivity index (χ0v) is 31.8. The maximum Gasteiger partial charge on any atom is 0.0562 e. The van der Waals surface area contributed by atoms with E-state index in [1.54, 1.807) is 0 Å². The second-order valence-corrected chi connectivity index (χ2v) is 15.0. The summed E-state index contributed by atoms with van der Waals surface area (Å²) in [6, 6.07) is 83.8. The van der Waals surface area contributed by atoms with E-state index >= 15 is 0 Å². The molecule has 0 spiro atoms. The van der Waals surface area contributed by atoms with Crippen molar-refractivity contribution in [1.29, 1.82) is 0 Å². The molecular weight excluding hydrogens is 701 g/mol. The number of hydrogen-bond acceptors (Lipinski definition) is 1. The molecule has 0 bridgehead atoms. The standard InChI is InChI=1S/C56H38N2/c1-3-15-43(16-4-1)50-20-9-11-22-52(50)58(55-25-13-24-54-56(55)51-21-10-12-23-53(51)57(54)48-18-5-2-6-19-48)49-35-34-42-31-33-46(37-47(42)38-49)41-28-26-40(27-29-41)45-32-30-39-14-7-8-17-44(39)36-45/h1-38H. The van der Waals surface area contributed by atoms with Crippen molar-refractivity contribution in [3.05, 3.63) is 231 Å². The molecule has 2 nitrogen and oxygen atoms in total. The van der Waals surface area contributed by atoms with Crippen LogP contribution in [0.25, 0.3) is 82.4 Å². The average Bonchev–Trinajstić information content (AvgIpc) is 3.64. The fourth-order valence-corrected chi connectivity index (χ4v) is 8.76. The van der Waals surface area contributed by atoms with Crippen molar-refractivity contribution in [2.24, 2.45) is 0 Å². The van der Waals surface area contributed by atoms with E-state index in [2.05, 4.69) is 240 Å².